The van der Waals surface area contributed by atoms with Gasteiger partial charge in [0.1, 0.15) is 5.75 Å². The minimum absolute atomic E-state index is 0.449. The van der Waals surface area contributed by atoms with Crippen LogP contribution < -0.4 is 4.74 Å². The summed E-state index contributed by atoms with van der Waals surface area (Å²) < 4.78 is 6.12. The van der Waals surface area contributed by atoms with Gasteiger partial charge in [-0.2, -0.15) is 0 Å². The van der Waals surface area contributed by atoms with E-state index in [0.717, 1.165) is 15.6 Å². The summed E-state index contributed by atoms with van der Waals surface area (Å²) in [6.45, 7) is 0. The fourth-order valence-corrected chi connectivity index (χ4v) is 3.43. The van der Waals surface area contributed by atoms with Gasteiger partial charge in [-0.05, 0) is 45.8 Å². The van der Waals surface area contributed by atoms with E-state index in [1.165, 1.54) is 0 Å². The fraction of sp³-hybridized carbons (Fsp3) is 0.143. The van der Waals surface area contributed by atoms with Gasteiger partial charge in [-0.25, -0.2) is 0 Å². The van der Waals surface area contributed by atoms with Crippen molar-refractivity contribution in [3.05, 3.63) is 61.0 Å². The maximum Gasteiger partial charge on any atom is 0.138 e. The third-order valence-electron chi connectivity index (χ3n) is 2.75. The Morgan fingerprint density at radius 1 is 1.05 bits per heavy atom. The Morgan fingerprint density at radius 2 is 1.75 bits per heavy atom. The first-order chi connectivity index (χ1) is 9.43. The molecule has 6 heteroatoms. The Kier molecular flexibility index (Phi) is 5.49. The monoisotopic (exact) mass is 412 g/mol. The van der Waals surface area contributed by atoms with Gasteiger partial charge in [-0.1, -0.05) is 40.9 Å². The van der Waals surface area contributed by atoms with Gasteiger partial charge in [0.2, 0.25) is 0 Å². The smallest absolute Gasteiger partial charge is 0.138 e. The van der Waals surface area contributed by atoms with E-state index >= 15 is 0 Å². The molecule has 106 valence electrons. The summed E-state index contributed by atoms with van der Waals surface area (Å²) >= 11 is 27.9. The van der Waals surface area contributed by atoms with E-state index in [0.29, 0.717) is 20.8 Å². The van der Waals surface area contributed by atoms with Gasteiger partial charge < -0.3 is 4.74 Å². The van der Waals surface area contributed by atoms with Crippen LogP contribution in [0.15, 0.2) is 34.8 Å². The van der Waals surface area contributed by atoms with Crippen molar-refractivity contribution in [2.45, 2.75) is 5.38 Å². The summed E-state index contributed by atoms with van der Waals surface area (Å²) in [5.74, 6) is 0.639. The molecule has 0 aromatic heterocycles. The molecular weight excluding hydrogens is 406 g/mol. The van der Waals surface area contributed by atoms with Crippen molar-refractivity contribution in [1.82, 2.24) is 0 Å². The van der Waals surface area contributed by atoms with Crippen LogP contribution in [0.1, 0.15) is 16.5 Å². The predicted molar refractivity (Wildman–Crippen MR) is 89.9 cm³/mol. The third-order valence-corrected chi connectivity index (χ3v) is 4.78. The van der Waals surface area contributed by atoms with Crippen LogP contribution in [0.5, 0.6) is 5.75 Å². The SMILES string of the molecule is COc1c(Br)cc(Cl)cc1C(Cl)c1ccc(Cl)c(Cl)c1. The van der Waals surface area contributed by atoms with Crippen molar-refractivity contribution in [3.8, 4) is 5.75 Å². The molecule has 0 saturated heterocycles. The van der Waals surface area contributed by atoms with E-state index in [-0.39, 0.29) is 0 Å². The largest absolute Gasteiger partial charge is 0.495 e. The lowest BCUT2D eigenvalue weighted by Gasteiger charge is -2.16. The molecule has 2 aromatic carbocycles. The molecule has 0 N–H and O–H groups in total. The first-order valence-electron chi connectivity index (χ1n) is 5.56. The normalized spacial score (nSPS) is 12.3. The second-order valence-corrected chi connectivity index (χ2v) is 6.59. The summed E-state index contributed by atoms with van der Waals surface area (Å²) in [7, 11) is 1.58. The molecule has 0 bridgehead atoms. The van der Waals surface area contributed by atoms with E-state index in [4.69, 9.17) is 51.1 Å². The third kappa shape index (κ3) is 3.37. The van der Waals surface area contributed by atoms with Gasteiger partial charge >= 0.3 is 0 Å². The molecule has 0 aliphatic rings. The number of halogens is 5. The molecule has 2 rings (SSSR count). The zero-order chi connectivity index (χ0) is 14.9. The van der Waals surface area contributed by atoms with Crippen LogP contribution >= 0.6 is 62.3 Å². The van der Waals surface area contributed by atoms with Gasteiger partial charge in [0.05, 0.1) is 27.0 Å². The standard InChI is InChI=1S/C14H9BrCl4O/c1-20-14-9(5-8(16)6-10(14)15)13(19)7-2-3-11(17)12(18)4-7/h2-6,13H,1H3. The average molecular weight is 415 g/mol. The highest BCUT2D eigenvalue weighted by Gasteiger charge is 2.19. The van der Waals surface area contributed by atoms with Crippen LogP contribution in [0, 0.1) is 0 Å². The highest BCUT2D eigenvalue weighted by Crippen LogP contribution is 2.42. The molecule has 20 heavy (non-hydrogen) atoms. The summed E-state index contributed by atoms with van der Waals surface area (Å²) in [6, 6.07) is 8.78. The molecule has 1 atom stereocenters. The Balaban J connectivity index is 2.52. The van der Waals surface area contributed by atoms with Crippen molar-refractivity contribution in [2.24, 2.45) is 0 Å². The highest BCUT2D eigenvalue weighted by atomic mass is 79.9. The van der Waals surface area contributed by atoms with Crippen LogP contribution in [-0.4, -0.2) is 7.11 Å². The van der Waals surface area contributed by atoms with E-state index in [1.54, 1.807) is 31.4 Å². The summed E-state index contributed by atoms with van der Waals surface area (Å²) in [4.78, 5) is 0. The number of alkyl halides is 1. The number of methoxy groups -OCH3 is 1. The molecule has 2 aromatic rings. The van der Waals surface area contributed by atoms with Crippen molar-refractivity contribution >= 4 is 62.3 Å². The lowest BCUT2D eigenvalue weighted by molar-refractivity contribution is 0.407. The Labute approximate surface area is 145 Å². The second-order valence-electron chi connectivity index (χ2n) is 4.05. The van der Waals surface area contributed by atoms with Crippen molar-refractivity contribution < 1.29 is 4.74 Å². The minimum atomic E-state index is -0.449. The molecule has 0 aliphatic heterocycles. The molecule has 0 aliphatic carbocycles. The second kappa shape index (κ2) is 6.76. The highest BCUT2D eigenvalue weighted by molar-refractivity contribution is 9.10. The topological polar surface area (TPSA) is 9.23 Å². The van der Waals surface area contributed by atoms with E-state index in [9.17, 15) is 0 Å². The van der Waals surface area contributed by atoms with Gasteiger partial charge in [-0.15, -0.1) is 11.6 Å². The molecule has 0 radical (unpaired) electrons. The first-order valence-corrected chi connectivity index (χ1v) is 7.92. The minimum Gasteiger partial charge on any atom is -0.495 e. The van der Waals surface area contributed by atoms with Crippen LogP contribution in [0.3, 0.4) is 0 Å². The van der Waals surface area contributed by atoms with Crippen LogP contribution in [-0.2, 0) is 0 Å². The van der Waals surface area contributed by atoms with Gasteiger partial charge in [0, 0.05) is 10.6 Å². The molecule has 0 saturated carbocycles. The molecule has 0 fully saturated rings. The number of rotatable bonds is 3. The molecular formula is C14H9BrCl4O. The molecule has 1 unspecified atom stereocenters. The molecule has 0 spiro atoms. The van der Waals surface area contributed by atoms with E-state index < -0.39 is 5.38 Å². The zero-order valence-corrected chi connectivity index (χ0v) is 14.9. The van der Waals surface area contributed by atoms with Gasteiger partial charge in [0.15, 0.2) is 0 Å². The number of hydrogen-bond donors (Lipinski definition) is 0. The Bertz CT molecular complexity index is 645. The van der Waals surface area contributed by atoms with Crippen molar-refractivity contribution in [2.75, 3.05) is 7.11 Å². The van der Waals surface area contributed by atoms with Gasteiger partial charge in [0.25, 0.3) is 0 Å². The van der Waals surface area contributed by atoms with E-state index in [1.807, 2.05) is 6.07 Å². The number of hydrogen-bond acceptors (Lipinski definition) is 1. The molecule has 0 amide bonds. The summed E-state index contributed by atoms with van der Waals surface area (Å²) in [5, 5.41) is 1.06. The number of ether oxygens (including phenoxy) is 1. The Morgan fingerprint density at radius 3 is 2.35 bits per heavy atom. The van der Waals surface area contributed by atoms with Crippen LogP contribution in [0.2, 0.25) is 15.1 Å². The predicted octanol–water partition coefficient (Wildman–Crippen LogP) is 6.75. The Hall–Kier alpha value is -0.120. The fourth-order valence-electron chi connectivity index (χ4n) is 1.83. The lowest BCUT2D eigenvalue weighted by atomic mass is 10.0. The molecule has 1 nitrogen and oxygen atoms in total. The van der Waals surface area contributed by atoms with Gasteiger partial charge in [-0.3, -0.25) is 0 Å². The lowest BCUT2D eigenvalue weighted by Crippen LogP contribution is -1.99. The van der Waals surface area contributed by atoms with E-state index in [2.05, 4.69) is 15.9 Å². The zero-order valence-electron chi connectivity index (χ0n) is 10.3. The summed E-state index contributed by atoms with van der Waals surface area (Å²) in [6.07, 6.45) is 0. The average Bonchev–Trinajstić information content (AvgIpc) is 2.40. The van der Waals surface area contributed by atoms with Crippen LogP contribution in [0.25, 0.3) is 0 Å². The maximum absolute atomic E-state index is 6.52. The van der Waals surface area contributed by atoms with Crippen LogP contribution in [0.4, 0.5) is 0 Å². The van der Waals surface area contributed by atoms with Crippen molar-refractivity contribution in [1.29, 1.82) is 0 Å². The first kappa shape index (κ1) is 16.3. The summed E-state index contributed by atoms with van der Waals surface area (Å²) in [5.41, 5.74) is 1.57. The quantitative estimate of drug-likeness (QED) is 0.505. The number of benzene rings is 2. The maximum atomic E-state index is 6.52. The molecule has 0 heterocycles. The van der Waals surface area contributed by atoms with Crippen molar-refractivity contribution in [3.63, 3.8) is 0 Å².